The van der Waals surface area contributed by atoms with E-state index in [1.54, 1.807) is 12.3 Å². The molecule has 3 rings (SSSR count). The van der Waals surface area contributed by atoms with Gasteiger partial charge in [-0.3, -0.25) is 9.69 Å². The molecule has 7 nitrogen and oxygen atoms in total. The quantitative estimate of drug-likeness (QED) is 0.556. The summed E-state index contributed by atoms with van der Waals surface area (Å²) in [6, 6.07) is 13.5. The molecule has 0 spiro atoms. The minimum absolute atomic E-state index is 0.187. The van der Waals surface area contributed by atoms with Crippen LogP contribution in [0.25, 0.3) is 6.08 Å². The number of β-amino-alcohol motifs (C(OH)–C–C–N with tert-alkyl or cyclic N) is 1. The first-order valence-electron chi connectivity index (χ1n) is 11.2. The van der Waals surface area contributed by atoms with Gasteiger partial charge in [-0.25, -0.2) is 4.98 Å². The van der Waals surface area contributed by atoms with Crippen molar-refractivity contribution in [1.82, 2.24) is 9.88 Å². The molecule has 1 aromatic heterocycles. The minimum atomic E-state index is -0.461. The fourth-order valence-corrected chi connectivity index (χ4v) is 3.52. The van der Waals surface area contributed by atoms with Crippen molar-refractivity contribution in [2.45, 2.75) is 20.0 Å². The third kappa shape index (κ3) is 8.07. The molecule has 1 fully saturated rings. The minimum Gasteiger partial charge on any atom is -0.389 e. The predicted octanol–water partition coefficient (Wildman–Crippen LogP) is 2.89. The summed E-state index contributed by atoms with van der Waals surface area (Å²) in [4.78, 5) is 21.1. The van der Waals surface area contributed by atoms with E-state index < -0.39 is 6.10 Å². The summed E-state index contributed by atoms with van der Waals surface area (Å²) in [7, 11) is 0. The van der Waals surface area contributed by atoms with Crippen LogP contribution in [0.2, 0.25) is 0 Å². The van der Waals surface area contributed by atoms with E-state index in [-0.39, 0.29) is 5.91 Å². The summed E-state index contributed by atoms with van der Waals surface area (Å²) in [6.07, 6.45) is 4.53. The number of hydrogen-bond donors (Lipinski definition) is 2. The zero-order valence-electron chi connectivity index (χ0n) is 19.0. The molecule has 2 aromatic rings. The Hall–Kier alpha value is -2.74. The van der Waals surface area contributed by atoms with Gasteiger partial charge in [-0.1, -0.05) is 44.2 Å². The summed E-state index contributed by atoms with van der Waals surface area (Å²) in [6.45, 7) is 9.31. The van der Waals surface area contributed by atoms with Crippen LogP contribution in [0, 0.1) is 5.92 Å². The molecular formula is C25H34N4O3. The lowest BCUT2D eigenvalue weighted by atomic mass is 10.2. The van der Waals surface area contributed by atoms with Crippen molar-refractivity contribution in [2.75, 3.05) is 56.2 Å². The van der Waals surface area contributed by atoms with E-state index >= 15 is 0 Å². The van der Waals surface area contributed by atoms with Gasteiger partial charge in [0.15, 0.2) is 0 Å². The van der Waals surface area contributed by atoms with Crippen molar-refractivity contribution in [3.63, 3.8) is 0 Å². The lowest BCUT2D eigenvalue weighted by Gasteiger charge is -2.36. The fourth-order valence-electron chi connectivity index (χ4n) is 3.52. The van der Waals surface area contributed by atoms with Gasteiger partial charge >= 0.3 is 0 Å². The number of amides is 1. The zero-order valence-corrected chi connectivity index (χ0v) is 19.0. The lowest BCUT2D eigenvalue weighted by Crippen LogP contribution is -2.49. The molecule has 1 unspecified atom stereocenters. The topological polar surface area (TPSA) is 77.9 Å². The van der Waals surface area contributed by atoms with Crippen molar-refractivity contribution in [3.05, 3.63) is 60.3 Å². The van der Waals surface area contributed by atoms with E-state index in [9.17, 15) is 9.90 Å². The molecule has 7 heteroatoms. The van der Waals surface area contributed by atoms with Crippen LogP contribution in [0.1, 0.15) is 19.4 Å². The summed E-state index contributed by atoms with van der Waals surface area (Å²) >= 11 is 0. The summed E-state index contributed by atoms with van der Waals surface area (Å²) in [5.41, 5.74) is 1.64. The molecule has 0 radical (unpaired) electrons. The van der Waals surface area contributed by atoms with E-state index in [4.69, 9.17) is 4.74 Å². The second kappa shape index (κ2) is 12.3. The average molecular weight is 439 g/mol. The normalized spacial score (nSPS) is 15.9. The number of aromatic nitrogens is 1. The number of ether oxygens (including phenoxy) is 1. The van der Waals surface area contributed by atoms with E-state index in [0.29, 0.717) is 31.4 Å². The Morgan fingerprint density at radius 1 is 1.12 bits per heavy atom. The Balaban J connectivity index is 1.41. The summed E-state index contributed by atoms with van der Waals surface area (Å²) in [5, 5.41) is 13.0. The molecular weight excluding hydrogens is 404 g/mol. The Labute approximate surface area is 190 Å². The number of carbonyl (C=O) groups is 1. The van der Waals surface area contributed by atoms with Gasteiger partial charge in [0.05, 0.1) is 24.6 Å². The number of aliphatic hydroxyl groups excluding tert-OH is 1. The van der Waals surface area contributed by atoms with Gasteiger partial charge in [0.25, 0.3) is 0 Å². The van der Waals surface area contributed by atoms with Gasteiger partial charge in [-0.2, -0.15) is 0 Å². The van der Waals surface area contributed by atoms with Crippen molar-refractivity contribution in [1.29, 1.82) is 0 Å². The largest absolute Gasteiger partial charge is 0.389 e. The highest BCUT2D eigenvalue weighted by Crippen LogP contribution is 2.16. The van der Waals surface area contributed by atoms with E-state index in [2.05, 4.69) is 33.9 Å². The number of rotatable bonds is 10. The number of anilines is 2. The first kappa shape index (κ1) is 23.9. The van der Waals surface area contributed by atoms with Crippen LogP contribution in [-0.4, -0.2) is 72.9 Å². The van der Waals surface area contributed by atoms with Crippen molar-refractivity contribution >= 4 is 23.5 Å². The number of hydrogen-bond acceptors (Lipinski definition) is 6. The number of nitrogens with zero attached hydrogens (tertiary/aromatic N) is 3. The van der Waals surface area contributed by atoms with Gasteiger partial charge in [-0.05, 0) is 29.7 Å². The molecule has 1 aliphatic rings. The zero-order chi connectivity index (χ0) is 22.8. The van der Waals surface area contributed by atoms with Crippen LogP contribution in [0.4, 0.5) is 11.5 Å². The molecule has 1 atom stereocenters. The highest BCUT2D eigenvalue weighted by molar-refractivity contribution is 6.01. The third-order valence-electron chi connectivity index (χ3n) is 5.17. The van der Waals surface area contributed by atoms with Gasteiger partial charge < -0.3 is 20.1 Å². The monoisotopic (exact) mass is 438 g/mol. The molecule has 0 bridgehead atoms. The standard InChI is InChI=1S/C25H34N4O3/c1-20(2)18-32-19-23(30)17-28-12-14-29(15-13-28)24-10-9-22(16-26-24)27-25(31)11-8-21-6-4-3-5-7-21/h3-11,16,20,23,30H,12-15,17-19H2,1-2H3,(H,27,31)/b11-8+. The smallest absolute Gasteiger partial charge is 0.248 e. The number of benzene rings is 1. The highest BCUT2D eigenvalue weighted by atomic mass is 16.5. The van der Waals surface area contributed by atoms with Crippen LogP contribution in [0.3, 0.4) is 0 Å². The maximum atomic E-state index is 12.1. The van der Waals surface area contributed by atoms with Crippen LogP contribution in [-0.2, 0) is 9.53 Å². The van der Waals surface area contributed by atoms with E-state index in [1.165, 1.54) is 6.08 Å². The second-order valence-corrected chi connectivity index (χ2v) is 8.51. The summed E-state index contributed by atoms with van der Waals surface area (Å²) in [5.74, 6) is 1.18. The lowest BCUT2D eigenvalue weighted by molar-refractivity contribution is -0.111. The molecule has 1 aromatic carbocycles. The van der Waals surface area contributed by atoms with E-state index in [1.807, 2.05) is 42.5 Å². The Bertz CT molecular complexity index is 847. The molecule has 1 amide bonds. The predicted molar refractivity (Wildman–Crippen MR) is 129 cm³/mol. The van der Waals surface area contributed by atoms with Crippen LogP contribution in [0.5, 0.6) is 0 Å². The van der Waals surface area contributed by atoms with Crippen LogP contribution >= 0.6 is 0 Å². The Morgan fingerprint density at radius 2 is 1.88 bits per heavy atom. The Kier molecular flexibility index (Phi) is 9.22. The Morgan fingerprint density at radius 3 is 2.53 bits per heavy atom. The maximum absolute atomic E-state index is 12.1. The second-order valence-electron chi connectivity index (χ2n) is 8.51. The molecule has 1 aliphatic heterocycles. The van der Waals surface area contributed by atoms with E-state index in [0.717, 1.165) is 37.6 Å². The first-order valence-corrected chi connectivity index (χ1v) is 11.2. The number of aliphatic hydroxyl groups is 1. The third-order valence-corrected chi connectivity index (χ3v) is 5.17. The van der Waals surface area contributed by atoms with Gasteiger partial charge in [0, 0.05) is 45.4 Å². The van der Waals surface area contributed by atoms with Crippen LogP contribution < -0.4 is 10.2 Å². The molecule has 1 saturated heterocycles. The molecule has 0 aliphatic carbocycles. The highest BCUT2D eigenvalue weighted by Gasteiger charge is 2.20. The average Bonchev–Trinajstić information content (AvgIpc) is 2.79. The number of carbonyl (C=O) groups excluding carboxylic acids is 1. The summed E-state index contributed by atoms with van der Waals surface area (Å²) < 4.78 is 5.53. The SMILES string of the molecule is CC(C)COCC(O)CN1CCN(c2ccc(NC(=O)/C=C/c3ccccc3)cn2)CC1. The van der Waals surface area contributed by atoms with Crippen molar-refractivity contribution in [3.8, 4) is 0 Å². The van der Waals surface area contributed by atoms with Gasteiger partial charge in [-0.15, -0.1) is 0 Å². The molecule has 32 heavy (non-hydrogen) atoms. The first-order chi connectivity index (χ1) is 15.5. The molecule has 172 valence electrons. The number of nitrogens with one attached hydrogen (secondary N) is 1. The van der Waals surface area contributed by atoms with Gasteiger partial charge in [0.2, 0.25) is 5.91 Å². The maximum Gasteiger partial charge on any atom is 0.248 e. The number of piperazine rings is 1. The van der Waals surface area contributed by atoms with Gasteiger partial charge in [0.1, 0.15) is 5.82 Å². The van der Waals surface area contributed by atoms with Crippen molar-refractivity contribution < 1.29 is 14.6 Å². The molecule has 0 saturated carbocycles. The van der Waals surface area contributed by atoms with Crippen molar-refractivity contribution in [2.24, 2.45) is 5.92 Å². The fraction of sp³-hybridized carbons (Fsp3) is 0.440. The molecule has 2 N–H and O–H groups in total. The van der Waals surface area contributed by atoms with Crippen LogP contribution in [0.15, 0.2) is 54.7 Å². The number of pyridine rings is 1. The molecule has 2 heterocycles.